The summed E-state index contributed by atoms with van der Waals surface area (Å²) in [6, 6.07) is 3.39. The average molecular weight is 399 g/mol. The van der Waals surface area contributed by atoms with E-state index in [-0.39, 0.29) is 24.3 Å². The SMILES string of the molecule is Cc1nn(C)c(C)c1CCCN(C)C(=O)COc1ccc(NC(=O)C2CC2)cn1. The summed E-state index contributed by atoms with van der Waals surface area (Å²) in [7, 11) is 3.72. The smallest absolute Gasteiger partial charge is 0.260 e. The van der Waals surface area contributed by atoms with Gasteiger partial charge in [-0.05, 0) is 51.2 Å². The molecular weight excluding hydrogens is 370 g/mol. The third-order valence-electron chi connectivity index (χ3n) is 5.30. The summed E-state index contributed by atoms with van der Waals surface area (Å²) in [6.07, 6.45) is 5.21. The maximum atomic E-state index is 12.3. The van der Waals surface area contributed by atoms with E-state index in [1.165, 1.54) is 11.3 Å². The quantitative estimate of drug-likeness (QED) is 0.699. The van der Waals surface area contributed by atoms with Crippen molar-refractivity contribution in [3.63, 3.8) is 0 Å². The van der Waals surface area contributed by atoms with Crippen LogP contribution in [0.2, 0.25) is 0 Å². The number of carbonyl (C=O) groups is 2. The van der Waals surface area contributed by atoms with E-state index < -0.39 is 0 Å². The molecule has 2 aromatic heterocycles. The lowest BCUT2D eigenvalue weighted by molar-refractivity contribution is -0.132. The molecule has 0 saturated heterocycles. The fourth-order valence-corrected chi connectivity index (χ4v) is 3.17. The predicted molar refractivity (Wildman–Crippen MR) is 110 cm³/mol. The lowest BCUT2D eigenvalue weighted by atomic mass is 10.1. The van der Waals surface area contributed by atoms with Gasteiger partial charge < -0.3 is 15.0 Å². The highest BCUT2D eigenvalue weighted by Gasteiger charge is 2.29. The van der Waals surface area contributed by atoms with Crippen molar-refractivity contribution >= 4 is 17.5 Å². The summed E-state index contributed by atoms with van der Waals surface area (Å²) in [5.41, 5.74) is 4.11. The molecule has 2 heterocycles. The highest BCUT2D eigenvalue weighted by Crippen LogP contribution is 2.30. The number of pyridine rings is 1. The maximum Gasteiger partial charge on any atom is 0.260 e. The van der Waals surface area contributed by atoms with E-state index >= 15 is 0 Å². The minimum absolute atomic E-state index is 0.0361. The number of carbonyl (C=O) groups excluding carboxylic acids is 2. The van der Waals surface area contributed by atoms with Crippen LogP contribution in [0, 0.1) is 19.8 Å². The van der Waals surface area contributed by atoms with E-state index in [9.17, 15) is 9.59 Å². The van der Waals surface area contributed by atoms with Crippen LogP contribution in [0.3, 0.4) is 0 Å². The van der Waals surface area contributed by atoms with E-state index in [1.807, 2.05) is 18.7 Å². The average Bonchev–Trinajstić information content (AvgIpc) is 3.51. The summed E-state index contributed by atoms with van der Waals surface area (Å²) >= 11 is 0. The van der Waals surface area contributed by atoms with Crippen molar-refractivity contribution in [1.82, 2.24) is 19.7 Å². The van der Waals surface area contributed by atoms with Gasteiger partial charge in [0.1, 0.15) is 0 Å². The molecular formula is C21H29N5O3. The Labute approximate surface area is 171 Å². The minimum atomic E-state index is -0.0995. The van der Waals surface area contributed by atoms with Crippen molar-refractivity contribution in [2.75, 3.05) is 25.5 Å². The first-order valence-electron chi connectivity index (χ1n) is 9.98. The maximum absolute atomic E-state index is 12.3. The number of ether oxygens (including phenoxy) is 1. The first kappa shape index (κ1) is 20.8. The molecule has 0 aromatic carbocycles. The molecule has 2 amide bonds. The number of likely N-dealkylation sites (N-methyl/N-ethyl adjacent to an activating group) is 1. The number of nitrogens with zero attached hydrogens (tertiary/aromatic N) is 4. The molecule has 0 aliphatic heterocycles. The number of aromatic nitrogens is 3. The third kappa shape index (κ3) is 5.56. The highest BCUT2D eigenvalue weighted by atomic mass is 16.5. The van der Waals surface area contributed by atoms with Crippen molar-refractivity contribution in [2.45, 2.75) is 39.5 Å². The molecule has 3 rings (SSSR count). The fraction of sp³-hybridized carbons (Fsp3) is 0.524. The Morgan fingerprint density at radius 2 is 2.07 bits per heavy atom. The number of amides is 2. The van der Waals surface area contributed by atoms with Gasteiger partial charge in [-0.2, -0.15) is 5.10 Å². The molecule has 0 bridgehead atoms. The van der Waals surface area contributed by atoms with Crippen molar-refractivity contribution in [1.29, 1.82) is 0 Å². The summed E-state index contributed by atoms with van der Waals surface area (Å²) in [5.74, 6) is 0.439. The predicted octanol–water partition coefficient (Wildman–Crippen LogP) is 2.25. The van der Waals surface area contributed by atoms with Crippen LogP contribution in [0.25, 0.3) is 0 Å². The van der Waals surface area contributed by atoms with Gasteiger partial charge in [0.15, 0.2) is 6.61 Å². The normalized spacial score (nSPS) is 13.2. The number of anilines is 1. The molecule has 8 nitrogen and oxygen atoms in total. The Balaban J connectivity index is 1.39. The van der Waals surface area contributed by atoms with Crippen LogP contribution < -0.4 is 10.1 Å². The molecule has 0 unspecified atom stereocenters. The van der Waals surface area contributed by atoms with Crippen LogP contribution in [0.1, 0.15) is 36.2 Å². The van der Waals surface area contributed by atoms with Crippen LogP contribution in [0.15, 0.2) is 18.3 Å². The molecule has 1 fully saturated rings. The van der Waals surface area contributed by atoms with E-state index in [4.69, 9.17) is 4.74 Å². The Hall–Kier alpha value is -2.90. The second-order valence-electron chi connectivity index (χ2n) is 7.63. The van der Waals surface area contributed by atoms with Gasteiger partial charge in [0.05, 0.1) is 17.6 Å². The molecule has 1 saturated carbocycles. The zero-order valence-corrected chi connectivity index (χ0v) is 17.6. The van der Waals surface area contributed by atoms with Gasteiger partial charge in [-0.25, -0.2) is 4.98 Å². The van der Waals surface area contributed by atoms with Crippen molar-refractivity contribution in [3.8, 4) is 5.88 Å². The molecule has 0 spiro atoms. The van der Waals surface area contributed by atoms with Gasteiger partial charge in [-0.3, -0.25) is 14.3 Å². The van der Waals surface area contributed by atoms with Crippen molar-refractivity contribution < 1.29 is 14.3 Å². The minimum Gasteiger partial charge on any atom is -0.468 e. The molecule has 1 aliphatic rings. The number of hydrogen-bond acceptors (Lipinski definition) is 5. The van der Waals surface area contributed by atoms with Crippen LogP contribution in [-0.2, 0) is 23.1 Å². The lowest BCUT2D eigenvalue weighted by Crippen LogP contribution is -2.32. The molecule has 29 heavy (non-hydrogen) atoms. The molecule has 0 radical (unpaired) electrons. The zero-order valence-electron chi connectivity index (χ0n) is 17.6. The molecule has 156 valence electrons. The highest BCUT2D eigenvalue weighted by molar-refractivity contribution is 5.93. The van der Waals surface area contributed by atoms with Gasteiger partial charge in [-0.1, -0.05) is 0 Å². The van der Waals surface area contributed by atoms with E-state index in [0.29, 0.717) is 18.1 Å². The second kappa shape index (κ2) is 9.07. The molecule has 1 aliphatic carbocycles. The van der Waals surface area contributed by atoms with E-state index in [2.05, 4.69) is 22.3 Å². The van der Waals surface area contributed by atoms with Gasteiger partial charge >= 0.3 is 0 Å². The number of rotatable bonds is 9. The van der Waals surface area contributed by atoms with Crippen LogP contribution in [0.4, 0.5) is 5.69 Å². The van der Waals surface area contributed by atoms with Gasteiger partial charge in [0, 0.05) is 38.3 Å². The van der Waals surface area contributed by atoms with Gasteiger partial charge in [0.2, 0.25) is 11.8 Å². The summed E-state index contributed by atoms with van der Waals surface area (Å²) in [6.45, 7) is 4.66. The molecule has 8 heteroatoms. The summed E-state index contributed by atoms with van der Waals surface area (Å²) in [4.78, 5) is 29.9. The van der Waals surface area contributed by atoms with E-state index in [1.54, 1.807) is 30.3 Å². The second-order valence-corrected chi connectivity index (χ2v) is 7.63. The molecule has 1 N–H and O–H groups in total. The van der Waals surface area contributed by atoms with Crippen LogP contribution in [0.5, 0.6) is 5.88 Å². The van der Waals surface area contributed by atoms with Gasteiger partial charge in [0.25, 0.3) is 5.91 Å². The first-order valence-corrected chi connectivity index (χ1v) is 9.98. The number of aryl methyl sites for hydroxylation is 2. The molecule has 0 atom stereocenters. The Kier molecular flexibility index (Phi) is 6.51. The summed E-state index contributed by atoms with van der Waals surface area (Å²) < 4.78 is 7.38. The summed E-state index contributed by atoms with van der Waals surface area (Å²) in [5, 5.41) is 7.25. The molecule has 2 aromatic rings. The lowest BCUT2D eigenvalue weighted by Gasteiger charge is -2.17. The Morgan fingerprint density at radius 1 is 1.31 bits per heavy atom. The monoisotopic (exact) mass is 399 g/mol. The van der Waals surface area contributed by atoms with Crippen molar-refractivity contribution in [3.05, 3.63) is 35.3 Å². The van der Waals surface area contributed by atoms with E-state index in [0.717, 1.165) is 31.4 Å². The number of hydrogen-bond donors (Lipinski definition) is 1. The topological polar surface area (TPSA) is 89.4 Å². The van der Waals surface area contributed by atoms with Crippen LogP contribution >= 0.6 is 0 Å². The Bertz CT molecular complexity index is 871. The van der Waals surface area contributed by atoms with Gasteiger partial charge in [-0.15, -0.1) is 0 Å². The van der Waals surface area contributed by atoms with Crippen LogP contribution in [-0.4, -0.2) is 51.7 Å². The standard InChI is InChI=1S/C21H29N5O3/c1-14-18(15(2)26(4)24-14)6-5-11-25(3)20(27)13-29-19-10-9-17(12-22-19)23-21(28)16-7-8-16/h9-10,12,16H,5-8,11,13H2,1-4H3,(H,23,28). The zero-order chi connectivity index (χ0) is 21.0. The first-order chi connectivity index (χ1) is 13.8. The largest absolute Gasteiger partial charge is 0.468 e. The fourth-order valence-electron chi connectivity index (χ4n) is 3.17. The third-order valence-corrected chi connectivity index (χ3v) is 5.30. The van der Waals surface area contributed by atoms with Crippen molar-refractivity contribution in [2.24, 2.45) is 13.0 Å². The Morgan fingerprint density at radius 3 is 2.66 bits per heavy atom. The number of nitrogens with one attached hydrogen (secondary N) is 1.